The van der Waals surface area contributed by atoms with Gasteiger partial charge in [0.2, 0.25) is 0 Å². The van der Waals surface area contributed by atoms with Crippen LogP contribution in [0, 0.1) is 0 Å². The second-order valence-electron chi connectivity index (χ2n) is 4.83. The van der Waals surface area contributed by atoms with E-state index >= 15 is 0 Å². The van der Waals surface area contributed by atoms with Crippen LogP contribution in [0.1, 0.15) is 30.6 Å². The van der Waals surface area contributed by atoms with Gasteiger partial charge < -0.3 is 10.4 Å². The molecule has 1 amide bonds. The Morgan fingerprint density at radius 1 is 1.40 bits per heavy atom. The molecule has 1 unspecified atom stereocenters. The van der Waals surface area contributed by atoms with Crippen molar-refractivity contribution in [1.29, 1.82) is 0 Å². The Morgan fingerprint density at radius 2 is 2.10 bits per heavy atom. The standard InChI is InChI=1S/C13H17N5O2/c1-3-13(2,8-19)15-12(20)10-4-6-11(7-5-10)18-9-14-16-17-18/h4-7,9,19H,3,8H2,1-2H3,(H,15,20). The Hall–Kier alpha value is -2.28. The molecule has 0 aliphatic heterocycles. The van der Waals surface area contributed by atoms with Gasteiger partial charge in [-0.15, -0.1) is 5.10 Å². The van der Waals surface area contributed by atoms with Crippen molar-refractivity contribution >= 4 is 5.91 Å². The molecule has 0 spiro atoms. The van der Waals surface area contributed by atoms with E-state index in [-0.39, 0.29) is 12.5 Å². The summed E-state index contributed by atoms with van der Waals surface area (Å²) in [5, 5.41) is 23.0. The summed E-state index contributed by atoms with van der Waals surface area (Å²) in [6.45, 7) is 3.62. The maximum Gasteiger partial charge on any atom is 0.251 e. The minimum Gasteiger partial charge on any atom is -0.394 e. The zero-order valence-corrected chi connectivity index (χ0v) is 11.4. The van der Waals surface area contributed by atoms with Gasteiger partial charge in [0.25, 0.3) is 5.91 Å². The highest BCUT2D eigenvalue weighted by Crippen LogP contribution is 2.12. The quantitative estimate of drug-likeness (QED) is 0.831. The number of nitrogens with zero attached hydrogens (tertiary/aromatic N) is 4. The SMILES string of the molecule is CCC(C)(CO)NC(=O)c1ccc(-n2cnnn2)cc1. The van der Waals surface area contributed by atoms with E-state index in [2.05, 4.69) is 20.8 Å². The molecule has 0 bridgehead atoms. The fraction of sp³-hybridized carbons (Fsp3) is 0.385. The van der Waals surface area contributed by atoms with Crippen LogP contribution in [0.15, 0.2) is 30.6 Å². The van der Waals surface area contributed by atoms with E-state index in [1.54, 1.807) is 31.2 Å². The molecular weight excluding hydrogens is 258 g/mol. The minimum absolute atomic E-state index is 0.0993. The Balaban J connectivity index is 2.12. The van der Waals surface area contributed by atoms with Crippen LogP contribution in [-0.2, 0) is 0 Å². The molecule has 2 N–H and O–H groups in total. The summed E-state index contributed by atoms with van der Waals surface area (Å²) in [6, 6.07) is 6.90. The molecule has 7 nitrogen and oxygen atoms in total. The highest BCUT2D eigenvalue weighted by Gasteiger charge is 2.23. The molecular formula is C13H17N5O2. The van der Waals surface area contributed by atoms with Gasteiger partial charge in [0.1, 0.15) is 6.33 Å². The molecule has 2 rings (SSSR count). The third-order valence-electron chi connectivity index (χ3n) is 3.29. The number of tetrazole rings is 1. The lowest BCUT2D eigenvalue weighted by molar-refractivity contribution is 0.0847. The van der Waals surface area contributed by atoms with Crippen molar-refractivity contribution in [3.8, 4) is 5.69 Å². The van der Waals surface area contributed by atoms with Crippen LogP contribution in [-0.4, -0.2) is 43.4 Å². The zero-order valence-electron chi connectivity index (χ0n) is 11.4. The van der Waals surface area contributed by atoms with Gasteiger partial charge >= 0.3 is 0 Å². The smallest absolute Gasteiger partial charge is 0.251 e. The van der Waals surface area contributed by atoms with Gasteiger partial charge in [-0.1, -0.05) is 6.92 Å². The molecule has 0 saturated heterocycles. The fourth-order valence-corrected chi connectivity index (χ4v) is 1.63. The molecule has 0 fully saturated rings. The number of carbonyl (C=O) groups is 1. The number of nitrogens with one attached hydrogen (secondary N) is 1. The van der Waals surface area contributed by atoms with E-state index in [9.17, 15) is 9.90 Å². The summed E-state index contributed by atoms with van der Waals surface area (Å²) in [6.07, 6.45) is 2.13. The van der Waals surface area contributed by atoms with Crippen LogP contribution in [0.25, 0.3) is 5.69 Å². The molecule has 1 aromatic heterocycles. The largest absolute Gasteiger partial charge is 0.394 e. The summed E-state index contributed by atoms with van der Waals surface area (Å²) < 4.78 is 1.51. The molecule has 20 heavy (non-hydrogen) atoms. The van der Waals surface area contributed by atoms with Gasteiger partial charge in [0, 0.05) is 5.56 Å². The van der Waals surface area contributed by atoms with Crippen molar-refractivity contribution in [2.75, 3.05) is 6.61 Å². The van der Waals surface area contributed by atoms with Gasteiger partial charge in [0.05, 0.1) is 17.8 Å². The predicted molar refractivity (Wildman–Crippen MR) is 72.4 cm³/mol. The average molecular weight is 275 g/mol. The number of rotatable bonds is 5. The number of aliphatic hydroxyl groups is 1. The minimum atomic E-state index is -0.606. The van der Waals surface area contributed by atoms with Crippen molar-refractivity contribution in [3.63, 3.8) is 0 Å². The van der Waals surface area contributed by atoms with Gasteiger partial charge in [0.15, 0.2) is 0 Å². The Labute approximate surface area is 116 Å². The van der Waals surface area contributed by atoms with Crippen LogP contribution < -0.4 is 5.32 Å². The second-order valence-corrected chi connectivity index (χ2v) is 4.83. The van der Waals surface area contributed by atoms with Crippen molar-refractivity contribution in [3.05, 3.63) is 36.2 Å². The Bertz CT molecular complexity index is 561. The molecule has 0 aliphatic rings. The summed E-state index contributed by atoms with van der Waals surface area (Å²) in [5.74, 6) is -0.216. The van der Waals surface area contributed by atoms with Gasteiger partial charge in [-0.2, -0.15) is 0 Å². The second kappa shape index (κ2) is 5.79. The van der Waals surface area contributed by atoms with Crippen molar-refractivity contribution in [2.24, 2.45) is 0 Å². The van der Waals surface area contributed by atoms with Gasteiger partial charge in [-0.3, -0.25) is 4.79 Å². The van der Waals surface area contributed by atoms with Crippen LogP contribution in [0.5, 0.6) is 0 Å². The first kappa shape index (κ1) is 14.1. The first-order chi connectivity index (χ1) is 9.58. The van der Waals surface area contributed by atoms with E-state index in [0.29, 0.717) is 12.0 Å². The molecule has 1 atom stereocenters. The summed E-state index contributed by atoms with van der Waals surface area (Å²) >= 11 is 0. The Kier molecular flexibility index (Phi) is 4.09. The van der Waals surface area contributed by atoms with Crippen molar-refractivity contribution in [1.82, 2.24) is 25.5 Å². The maximum absolute atomic E-state index is 12.1. The highest BCUT2D eigenvalue weighted by molar-refractivity contribution is 5.94. The lowest BCUT2D eigenvalue weighted by Crippen LogP contribution is -2.48. The topological polar surface area (TPSA) is 92.9 Å². The van der Waals surface area contributed by atoms with Gasteiger partial charge in [-0.05, 0) is 48.0 Å². The van der Waals surface area contributed by atoms with E-state index in [1.165, 1.54) is 11.0 Å². The number of aliphatic hydroxyl groups excluding tert-OH is 1. The van der Waals surface area contributed by atoms with Crippen LogP contribution >= 0.6 is 0 Å². The summed E-state index contributed by atoms with van der Waals surface area (Å²) in [4.78, 5) is 12.1. The number of aromatic nitrogens is 4. The monoisotopic (exact) mass is 275 g/mol. The maximum atomic E-state index is 12.1. The van der Waals surface area contributed by atoms with Crippen LogP contribution in [0.4, 0.5) is 0 Å². The number of benzene rings is 1. The van der Waals surface area contributed by atoms with Gasteiger partial charge in [-0.25, -0.2) is 4.68 Å². The average Bonchev–Trinajstić information content (AvgIpc) is 3.01. The van der Waals surface area contributed by atoms with Crippen LogP contribution in [0.3, 0.4) is 0 Å². The molecule has 0 radical (unpaired) electrons. The van der Waals surface area contributed by atoms with Crippen molar-refractivity contribution in [2.45, 2.75) is 25.8 Å². The number of hydrogen-bond acceptors (Lipinski definition) is 5. The first-order valence-electron chi connectivity index (χ1n) is 6.35. The molecule has 106 valence electrons. The van der Waals surface area contributed by atoms with E-state index in [1.807, 2.05) is 6.92 Å². The van der Waals surface area contributed by atoms with E-state index < -0.39 is 5.54 Å². The zero-order chi connectivity index (χ0) is 14.6. The highest BCUT2D eigenvalue weighted by atomic mass is 16.3. The molecule has 7 heteroatoms. The summed E-state index contributed by atoms with van der Waals surface area (Å²) in [5.41, 5.74) is 0.688. The van der Waals surface area contributed by atoms with Crippen molar-refractivity contribution < 1.29 is 9.90 Å². The number of amides is 1. The molecule has 2 aromatic rings. The Morgan fingerprint density at radius 3 is 2.60 bits per heavy atom. The summed E-state index contributed by atoms with van der Waals surface area (Å²) in [7, 11) is 0. The fourth-order valence-electron chi connectivity index (χ4n) is 1.63. The lowest BCUT2D eigenvalue weighted by Gasteiger charge is -2.27. The third kappa shape index (κ3) is 3.00. The molecule has 1 aromatic carbocycles. The third-order valence-corrected chi connectivity index (χ3v) is 3.29. The number of hydrogen-bond donors (Lipinski definition) is 2. The van der Waals surface area contributed by atoms with E-state index in [0.717, 1.165) is 5.69 Å². The lowest BCUT2D eigenvalue weighted by atomic mass is 9.99. The normalized spacial score (nSPS) is 13.8. The van der Waals surface area contributed by atoms with E-state index in [4.69, 9.17) is 0 Å². The van der Waals surface area contributed by atoms with Crippen LogP contribution in [0.2, 0.25) is 0 Å². The molecule has 0 aliphatic carbocycles. The number of carbonyl (C=O) groups excluding carboxylic acids is 1. The molecule has 1 heterocycles. The first-order valence-corrected chi connectivity index (χ1v) is 6.35. The molecule has 0 saturated carbocycles. The predicted octanol–water partition coefficient (Wildman–Crippen LogP) is 0.553.